The number of rotatable bonds is 5. The maximum atomic E-state index is 13.0. The standard InChI is InChI=1S/C22H23FN6O2.3H2/c1-15-24-20(14-21(25-15)29-10-12-31-13-11-29)26-17-6-8-19(9-7-17)28-22(30)27-18-4-2-16(23)3-5-18;;;/h2-9,14H,10-13H2,1H3,(H,24,25,26)(H2,27,28,30);3*1H. The van der Waals surface area contributed by atoms with E-state index in [1.54, 1.807) is 12.1 Å². The third kappa shape index (κ3) is 5.67. The molecule has 0 radical (unpaired) electrons. The Morgan fingerprint density at radius 1 is 0.968 bits per heavy atom. The van der Waals surface area contributed by atoms with Gasteiger partial charge in [0.1, 0.15) is 23.3 Å². The Morgan fingerprint density at radius 2 is 1.55 bits per heavy atom. The maximum absolute atomic E-state index is 13.0. The minimum absolute atomic E-state index is 0. The molecule has 2 heterocycles. The van der Waals surface area contributed by atoms with E-state index < -0.39 is 6.03 Å². The van der Waals surface area contributed by atoms with Crippen LogP contribution in [0.5, 0.6) is 0 Å². The van der Waals surface area contributed by atoms with Gasteiger partial charge in [0, 0.05) is 40.5 Å². The summed E-state index contributed by atoms with van der Waals surface area (Å²) in [6, 6.07) is 14.3. The highest BCUT2D eigenvalue weighted by atomic mass is 19.1. The molecule has 0 atom stereocenters. The number of halogens is 1. The highest BCUT2D eigenvalue weighted by Gasteiger charge is 2.14. The fourth-order valence-corrected chi connectivity index (χ4v) is 3.18. The topological polar surface area (TPSA) is 91.4 Å². The van der Waals surface area contributed by atoms with Crippen molar-refractivity contribution >= 4 is 34.7 Å². The molecule has 0 unspecified atom stereocenters. The summed E-state index contributed by atoms with van der Waals surface area (Å²) in [7, 11) is 0. The van der Waals surface area contributed by atoms with Crippen LogP contribution in [0, 0.1) is 12.7 Å². The molecule has 1 aliphatic heterocycles. The van der Waals surface area contributed by atoms with Crippen molar-refractivity contribution in [3.05, 3.63) is 66.2 Å². The van der Waals surface area contributed by atoms with Gasteiger partial charge >= 0.3 is 6.03 Å². The zero-order valence-electron chi connectivity index (χ0n) is 17.1. The molecule has 1 aliphatic rings. The second-order valence-electron chi connectivity index (χ2n) is 7.05. The summed E-state index contributed by atoms with van der Waals surface area (Å²) in [5, 5.41) is 8.67. The number of amides is 2. The number of carbonyl (C=O) groups is 1. The summed E-state index contributed by atoms with van der Waals surface area (Å²) in [4.78, 5) is 23.3. The summed E-state index contributed by atoms with van der Waals surface area (Å²) in [5.41, 5.74) is 1.96. The molecule has 8 nitrogen and oxygen atoms in total. The van der Waals surface area contributed by atoms with Gasteiger partial charge in [-0.15, -0.1) is 0 Å². The minimum atomic E-state index is -0.408. The second-order valence-corrected chi connectivity index (χ2v) is 7.05. The van der Waals surface area contributed by atoms with Gasteiger partial charge in [0.25, 0.3) is 0 Å². The van der Waals surface area contributed by atoms with Crippen LogP contribution in [0.4, 0.5) is 37.9 Å². The molecule has 0 spiro atoms. The molecule has 3 N–H and O–H groups in total. The van der Waals surface area contributed by atoms with Crippen molar-refractivity contribution in [3.63, 3.8) is 0 Å². The number of urea groups is 1. The molecule has 9 heteroatoms. The van der Waals surface area contributed by atoms with Crippen LogP contribution in [0.25, 0.3) is 0 Å². The zero-order chi connectivity index (χ0) is 21.6. The average molecular weight is 429 g/mol. The van der Waals surface area contributed by atoms with Gasteiger partial charge in [-0.3, -0.25) is 0 Å². The smallest absolute Gasteiger partial charge is 0.323 e. The van der Waals surface area contributed by atoms with Crippen LogP contribution in [0.1, 0.15) is 10.1 Å². The van der Waals surface area contributed by atoms with Gasteiger partial charge in [0.15, 0.2) is 0 Å². The normalized spacial score (nSPS) is 13.5. The van der Waals surface area contributed by atoms with E-state index in [4.69, 9.17) is 4.74 Å². The molecule has 0 aliphatic carbocycles. The highest BCUT2D eigenvalue weighted by molar-refractivity contribution is 5.99. The lowest BCUT2D eigenvalue weighted by Gasteiger charge is -2.28. The van der Waals surface area contributed by atoms with Crippen LogP contribution in [0.3, 0.4) is 0 Å². The first-order valence-electron chi connectivity index (χ1n) is 9.94. The number of nitrogens with zero attached hydrogens (tertiary/aromatic N) is 3. The SMILES string of the molecule is Cc1nc(Nc2ccc(NC(=O)Nc3ccc(F)cc3)cc2)cc(N2CCOCC2)n1.[HH].[HH].[HH]. The summed E-state index contributed by atoms with van der Waals surface area (Å²) in [6.07, 6.45) is 0. The Morgan fingerprint density at radius 3 is 2.19 bits per heavy atom. The molecule has 1 fully saturated rings. The molecule has 1 saturated heterocycles. The van der Waals surface area contributed by atoms with Crippen molar-refractivity contribution in [1.29, 1.82) is 0 Å². The van der Waals surface area contributed by atoms with E-state index >= 15 is 0 Å². The summed E-state index contributed by atoms with van der Waals surface area (Å²) in [5.74, 6) is 1.89. The van der Waals surface area contributed by atoms with E-state index in [1.165, 1.54) is 24.3 Å². The Bertz CT molecular complexity index is 1050. The highest BCUT2D eigenvalue weighted by Crippen LogP contribution is 2.22. The van der Waals surface area contributed by atoms with Gasteiger partial charge in [0.05, 0.1) is 13.2 Å². The fourth-order valence-electron chi connectivity index (χ4n) is 3.18. The van der Waals surface area contributed by atoms with E-state index in [-0.39, 0.29) is 10.1 Å². The maximum Gasteiger partial charge on any atom is 0.323 e. The lowest BCUT2D eigenvalue weighted by Crippen LogP contribution is -2.36. The molecular weight excluding hydrogens is 399 g/mol. The summed E-state index contributed by atoms with van der Waals surface area (Å²) in [6.45, 7) is 4.85. The monoisotopic (exact) mass is 428 g/mol. The molecule has 4 rings (SSSR count). The van der Waals surface area contributed by atoms with Crippen LogP contribution in [-0.2, 0) is 4.74 Å². The van der Waals surface area contributed by atoms with Crippen molar-refractivity contribution in [2.45, 2.75) is 6.92 Å². The summed E-state index contributed by atoms with van der Waals surface area (Å²) >= 11 is 0. The largest absolute Gasteiger partial charge is 0.378 e. The molecule has 2 aromatic carbocycles. The van der Waals surface area contributed by atoms with Crippen molar-refractivity contribution in [2.24, 2.45) is 0 Å². The van der Waals surface area contributed by atoms with Crippen LogP contribution in [0.15, 0.2) is 54.6 Å². The molecule has 3 aromatic rings. The molecule has 31 heavy (non-hydrogen) atoms. The summed E-state index contributed by atoms with van der Waals surface area (Å²) < 4.78 is 18.4. The lowest BCUT2D eigenvalue weighted by molar-refractivity contribution is 0.122. The van der Waals surface area contributed by atoms with E-state index in [0.29, 0.717) is 36.2 Å². The first kappa shape index (κ1) is 20.5. The average Bonchev–Trinajstić information content (AvgIpc) is 2.77. The van der Waals surface area contributed by atoms with Gasteiger partial charge in [-0.25, -0.2) is 19.2 Å². The Labute approximate surface area is 183 Å². The Balaban J connectivity index is 0.00000193. The molecule has 0 saturated carbocycles. The molecule has 2 amide bonds. The number of benzene rings is 2. The predicted octanol–water partition coefficient (Wildman–Crippen LogP) is 4.89. The third-order valence-electron chi connectivity index (χ3n) is 4.68. The van der Waals surface area contributed by atoms with E-state index in [1.807, 2.05) is 25.1 Å². The lowest BCUT2D eigenvalue weighted by atomic mass is 10.2. The van der Waals surface area contributed by atoms with Crippen molar-refractivity contribution in [2.75, 3.05) is 47.2 Å². The number of nitrogens with one attached hydrogen (secondary N) is 3. The predicted molar refractivity (Wildman–Crippen MR) is 125 cm³/mol. The first-order chi connectivity index (χ1) is 15.0. The van der Waals surface area contributed by atoms with Crippen LogP contribution >= 0.6 is 0 Å². The number of morpholine rings is 1. The number of hydrogen-bond donors (Lipinski definition) is 3. The van der Waals surface area contributed by atoms with Gasteiger partial charge in [-0.1, -0.05) is 0 Å². The zero-order valence-corrected chi connectivity index (χ0v) is 17.1. The number of carbonyl (C=O) groups excluding carboxylic acids is 1. The Kier molecular flexibility index (Phi) is 6.23. The minimum Gasteiger partial charge on any atom is -0.378 e. The van der Waals surface area contributed by atoms with Crippen molar-refractivity contribution in [1.82, 2.24) is 9.97 Å². The van der Waals surface area contributed by atoms with Gasteiger partial charge in [-0.05, 0) is 55.5 Å². The fraction of sp³-hybridized carbons (Fsp3) is 0.227. The first-order valence-corrected chi connectivity index (χ1v) is 9.94. The molecule has 0 bridgehead atoms. The van der Waals surface area contributed by atoms with Crippen molar-refractivity contribution in [3.8, 4) is 0 Å². The van der Waals surface area contributed by atoms with Crippen LogP contribution in [0.2, 0.25) is 0 Å². The van der Waals surface area contributed by atoms with Crippen LogP contribution in [-0.4, -0.2) is 42.3 Å². The number of ether oxygens (including phenoxy) is 1. The van der Waals surface area contributed by atoms with Crippen molar-refractivity contribution < 1.29 is 18.2 Å². The molecule has 166 valence electrons. The van der Waals surface area contributed by atoms with Gasteiger partial charge < -0.3 is 25.6 Å². The quantitative estimate of drug-likeness (QED) is 0.536. The second kappa shape index (κ2) is 9.40. The van der Waals surface area contributed by atoms with Crippen LogP contribution < -0.4 is 20.9 Å². The van der Waals surface area contributed by atoms with Gasteiger partial charge in [-0.2, -0.15) is 0 Å². The number of hydrogen-bond acceptors (Lipinski definition) is 6. The third-order valence-corrected chi connectivity index (χ3v) is 4.68. The molecular formula is C22H29FN6O2. The number of anilines is 5. The van der Waals surface area contributed by atoms with Gasteiger partial charge in [0.2, 0.25) is 0 Å². The Hall–Kier alpha value is -3.72. The number of aromatic nitrogens is 2. The van der Waals surface area contributed by atoms with E-state index in [9.17, 15) is 9.18 Å². The molecule has 1 aromatic heterocycles. The van der Waals surface area contributed by atoms with E-state index in [0.717, 1.165) is 24.6 Å². The number of aryl methyl sites for hydroxylation is 1. The van der Waals surface area contributed by atoms with E-state index in [2.05, 4.69) is 30.8 Å².